The van der Waals surface area contributed by atoms with Crippen LogP contribution in [0.5, 0.6) is 0 Å². The van der Waals surface area contributed by atoms with Gasteiger partial charge in [0.2, 0.25) is 5.91 Å². The second-order valence-electron chi connectivity index (χ2n) is 7.00. The van der Waals surface area contributed by atoms with Crippen molar-refractivity contribution in [2.75, 3.05) is 11.1 Å². The van der Waals surface area contributed by atoms with Gasteiger partial charge in [0.15, 0.2) is 5.16 Å². The highest BCUT2D eigenvalue weighted by Gasteiger charge is 2.28. The van der Waals surface area contributed by atoms with Crippen LogP contribution in [0.3, 0.4) is 0 Å². The number of carbonyl (C=O) groups excluding carboxylic acids is 1. The molecule has 6 heteroatoms. The number of aromatic nitrogens is 2. The van der Waals surface area contributed by atoms with Gasteiger partial charge < -0.3 is 5.32 Å². The lowest BCUT2D eigenvalue weighted by Crippen LogP contribution is -2.38. The summed E-state index contributed by atoms with van der Waals surface area (Å²) in [6.45, 7) is 10.3. The molecule has 1 aromatic carbocycles. The number of rotatable bonds is 3. The van der Waals surface area contributed by atoms with Crippen LogP contribution in [-0.2, 0) is 17.8 Å². The van der Waals surface area contributed by atoms with Gasteiger partial charge in [0.05, 0.1) is 5.92 Å². The van der Waals surface area contributed by atoms with Crippen LogP contribution in [0.1, 0.15) is 34.9 Å². The number of thioether (sulfide) groups is 1. The number of nitrogens with one attached hydrogen (secondary N) is 1. The van der Waals surface area contributed by atoms with Gasteiger partial charge in [0, 0.05) is 29.2 Å². The van der Waals surface area contributed by atoms with Gasteiger partial charge in [-0.3, -0.25) is 14.2 Å². The molecular weight excluding hydrogens is 346 g/mol. The number of nitrogens with zero attached hydrogens (tertiary/aromatic N) is 2. The maximum absolute atomic E-state index is 12.8. The van der Waals surface area contributed by atoms with Crippen molar-refractivity contribution in [2.24, 2.45) is 5.92 Å². The molecule has 1 atom stereocenters. The van der Waals surface area contributed by atoms with Gasteiger partial charge in [-0.15, -0.1) is 0 Å². The van der Waals surface area contributed by atoms with Crippen molar-refractivity contribution in [3.63, 3.8) is 0 Å². The van der Waals surface area contributed by atoms with Gasteiger partial charge in [-0.1, -0.05) is 36.4 Å². The zero-order valence-corrected chi connectivity index (χ0v) is 16.8. The molecule has 0 radical (unpaired) electrons. The Hall–Kier alpha value is -2.08. The van der Waals surface area contributed by atoms with Crippen LogP contribution in [0, 0.1) is 33.6 Å². The fourth-order valence-corrected chi connectivity index (χ4v) is 4.69. The second kappa shape index (κ2) is 7.27. The Morgan fingerprint density at radius 1 is 1.27 bits per heavy atom. The Balaban J connectivity index is 1.85. The van der Waals surface area contributed by atoms with E-state index < -0.39 is 0 Å². The zero-order chi connectivity index (χ0) is 19.0. The van der Waals surface area contributed by atoms with Crippen LogP contribution in [0.2, 0.25) is 0 Å². The van der Waals surface area contributed by atoms with Crippen LogP contribution in [-0.4, -0.2) is 21.2 Å². The van der Waals surface area contributed by atoms with E-state index in [0.29, 0.717) is 18.7 Å². The molecule has 3 rings (SSSR count). The Bertz CT molecular complexity index is 910. The standard InChI is InChI=1S/C20H25N3O2S/c1-6-16-14(5)21-20-23(19(16)25)9-15(10-26-20)18(24)22-17-12(3)7-11(2)8-13(17)4/h7-8,15H,6,9-10H2,1-5H3,(H,22,24). The number of amides is 1. The van der Waals surface area contributed by atoms with Crippen molar-refractivity contribution in [1.29, 1.82) is 0 Å². The maximum Gasteiger partial charge on any atom is 0.257 e. The van der Waals surface area contributed by atoms with Crippen LogP contribution in [0.15, 0.2) is 22.1 Å². The molecule has 0 fully saturated rings. The van der Waals surface area contributed by atoms with E-state index in [4.69, 9.17) is 0 Å². The summed E-state index contributed by atoms with van der Waals surface area (Å²) in [5.74, 6) is 0.343. The average Bonchev–Trinajstić information content (AvgIpc) is 2.58. The summed E-state index contributed by atoms with van der Waals surface area (Å²) in [7, 11) is 0. The molecule has 1 aliphatic heterocycles. The number of fused-ring (bicyclic) bond motifs is 1. The third-order valence-corrected chi connectivity index (χ3v) is 6.04. The fraction of sp³-hybridized carbons (Fsp3) is 0.450. The molecule has 0 saturated carbocycles. The molecule has 0 bridgehead atoms. The first-order valence-corrected chi connectivity index (χ1v) is 9.92. The average molecular weight is 372 g/mol. The molecule has 0 spiro atoms. The molecule has 0 saturated heterocycles. The van der Waals surface area contributed by atoms with Gasteiger partial charge in [-0.05, 0) is 45.2 Å². The Labute approximate surface area is 158 Å². The number of benzene rings is 1. The number of hydrogen-bond acceptors (Lipinski definition) is 4. The maximum atomic E-state index is 12.8. The van der Waals surface area contributed by atoms with Crippen molar-refractivity contribution in [2.45, 2.75) is 52.7 Å². The molecule has 5 nitrogen and oxygen atoms in total. The van der Waals surface area contributed by atoms with E-state index >= 15 is 0 Å². The summed E-state index contributed by atoms with van der Waals surface area (Å²) in [5.41, 5.74) is 5.69. The summed E-state index contributed by atoms with van der Waals surface area (Å²) in [6.07, 6.45) is 0.654. The highest BCUT2D eigenvalue weighted by Crippen LogP contribution is 2.28. The monoisotopic (exact) mass is 371 g/mol. The van der Waals surface area contributed by atoms with Crippen LogP contribution >= 0.6 is 11.8 Å². The third kappa shape index (κ3) is 3.43. The molecule has 2 heterocycles. The van der Waals surface area contributed by atoms with E-state index in [1.54, 1.807) is 4.57 Å². The lowest BCUT2D eigenvalue weighted by molar-refractivity contribution is -0.119. The molecule has 1 amide bonds. The number of aryl methyl sites for hydroxylation is 4. The lowest BCUT2D eigenvalue weighted by atomic mass is 10.0. The first kappa shape index (κ1) is 18.7. The molecular formula is C20H25N3O2S. The highest BCUT2D eigenvalue weighted by atomic mass is 32.2. The van der Waals surface area contributed by atoms with Gasteiger partial charge in [0.1, 0.15) is 0 Å². The normalized spacial score (nSPS) is 16.3. The number of anilines is 1. The van der Waals surface area contributed by atoms with E-state index in [1.807, 2.05) is 34.6 Å². The topological polar surface area (TPSA) is 64.0 Å². The van der Waals surface area contributed by atoms with E-state index in [9.17, 15) is 9.59 Å². The molecule has 26 heavy (non-hydrogen) atoms. The van der Waals surface area contributed by atoms with Crippen LogP contribution < -0.4 is 10.9 Å². The minimum atomic E-state index is -0.250. The van der Waals surface area contributed by atoms with E-state index in [2.05, 4.69) is 22.4 Å². The molecule has 1 unspecified atom stereocenters. The zero-order valence-electron chi connectivity index (χ0n) is 16.0. The van der Waals surface area contributed by atoms with E-state index in [0.717, 1.165) is 33.2 Å². The summed E-state index contributed by atoms with van der Waals surface area (Å²) < 4.78 is 1.67. The third-order valence-electron chi connectivity index (χ3n) is 4.90. The fourth-order valence-electron chi connectivity index (χ4n) is 3.56. The van der Waals surface area contributed by atoms with Crippen molar-refractivity contribution in [1.82, 2.24) is 9.55 Å². The quantitative estimate of drug-likeness (QED) is 0.840. The number of hydrogen-bond donors (Lipinski definition) is 1. The summed E-state index contributed by atoms with van der Waals surface area (Å²) in [6, 6.07) is 4.14. The highest BCUT2D eigenvalue weighted by molar-refractivity contribution is 7.99. The largest absolute Gasteiger partial charge is 0.325 e. The predicted molar refractivity (Wildman–Crippen MR) is 106 cm³/mol. The summed E-state index contributed by atoms with van der Waals surface area (Å²) in [4.78, 5) is 30.1. The molecule has 2 aromatic rings. The van der Waals surface area contributed by atoms with Crippen LogP contribution in [0.4, 0.5) is 5.69 Å². The first-order valence-electron chi connectivity index (χ1n) is 8.93. The minimum absolute atomic E-state index is 0.0114. The van der Waals surface area contributed by atoms with E-state index in [1.165, 1.54) is 17.3 Å². The summed E-state index contributed by atoms with van der Waals surface area (Å²) >= 11 is 1.49. The van der Waals surface area contributed by atoms with Crippen molar-refractivity contribution in [3.05, 3.63) is 50.4 Å². The Morgan fingerprint density at radius 3 is 2.54 bits per heavy atom. The molecule has 138 valence electrons. The van der Waals surface area contributed by atoms with Crippen molar-refractivity contribution < 1.29 is 4.79 Å². The molecule has 0 aliphatic carbocycles. The van der Waals surface area contributed by atoms with Gasteiger partial charge in [-0.2, -0.15) is 0 Å². The second-order valence-corrected chi connectivity index (χ2v) is 7.99. The Kier molecular flexibility index (Phi) is 5.23. The molecule has 1 aliphatic rings. The van der Waals surface area contributed by atoms with Crippen molar-refractivity contribution >= 4 is 23.4 Å². The summed E-state index contributed by atoms with van der Waals surface area (Å²) in [5, 5.41) is 3.80. The molecule has 1 N–H and O–H groups in total. The number of carbonyl (C=O) groups is 1. The first-order chi connectivity index (χ1) is 12.3. The SMILES string of the molecule is CCc1c(C)nc2n(c1=O)CC(C(=O)Nc1c(C)cc(C)cc1C)CS2. The molecule has 1 aromatic heterocycles. The van der Waals surface area contributed by atoms with Crippen molar-refractivity contribution in [3.8, 4) is 0 Å². The van der Waals surface area contributed by atoms with Gasteiger partial charge in [-0.25, -0.2) is 4.98 Å². The van der Waals surface area contributed by atoms with Gasteiger partial charge >= 0.3 is 0 Å². The smallest absolute Gasteiger partial charge is 0.257 e. The van der Waals surface area contributed by atoms with E-state index in [-0.39, 0.29) is 17.4 Å². The lowest BCUT2D eigenvalue weighted by Gasteiger charge is -2.26. The predicted octanol–water partition coefficient (Wildman–Crippen LogP) is 3.40. The Morgan fingerprint density at radius 2 is 1.92 bits per heavy atom. The van der Waals surface area contributed by atoms with Crippen LogP contribution in [0.25, 0.3) is 0 Å². The van der Waals surface area contributed by atoms with Gasteiger partial charge in [0.25, 0.3) is 5.56 Å². The minimum Gasteiger partial charge on any atom is -0.325 e.